The second-order valence-corrected chi connectivity index (χ2v) is 2.09. The zero-order chi connectivity index (χ0) is 5.98. The molecule has 0 atom stereocenters. The summed E-state index contributed by atoms with van der Waals surface area (Å²) in [7, 11) is 0. The van der Waals surface area contributed by atoms with Crippen molar-refractivity contribution in [3.8, 4) is 0 Å². The van der Waals surface area contributed by atoms with Gasteiger partial charge in [0.05, 0.1) is 4.47 Å². The minimum absolute atomic E-state index is 0.680. The highest BCUT2D eigenvalue weighted by Gasteiger charge is 1.88. The minimum atomic E-state index is -0.701. The van der Waals surface area contributed by atoms with E-state index in [-0.39, 0.29) is 0 Å². The van der Waals surface area contributed by atoms with Crippen LogP contribution in [0.5, 0.6) is 0 Å². The second-order valence-electron chi connectivity index (χ2n) is 1.17. The fourth-order valence-corrected chi connectivity index (χ4v) is 0.501. The van der Waals surface area contributed by atoms with Crippen LogP contribution in [-0.2, 0) is 0 Å². The number of nitrogens with zero attached hydrogens (tertiary/aromatic N) is 2. The van der Waals surface area contributed by atoms with Gasteiger partial charge < -0.3 is 0 Å². The lowest BCUT2D eigenvalue weighted by Gasteiger charge is -1.83. The molecule has 0 amide bonds. The molecule has 0 aliphatic carbocycles. The average molecular weight is 177 g/mol. The molecule has 1 rings (SSSR count). The maximum Gasteiger partial charge on any atom is 0.308 e. The summed E-state index contributed by atoms with van der Waals surface area (Å²) < 4.78 is 12.5. The van der Waals surface area contributed by atoms with Crippen molar-refractivity contribution in [2.45, 2.75) is 0 Å². The summed E-state index contributed by atoms with van der Waals surface area (Å²) in [6.45, 7) is 0. The standard InChI is InChI=1S/C4H2BrFN2/c5-3-1-7-4(6)8-2-3/h1-2H. The largest absolute Gasteiger partial charge is 0.308 e. The van der Waals surface area contributed by atoms with Gasteiger partial charge in [-0.25, -0.2) is 9.97 Å². The van der Waals surface area contributed by atoms with E-state index in [1.54, 1.807) is 0 Å². The van der Waals surface area contributed by atoms with Crippen LogP contribution in [0.1, 0.15) is 0 Å². The lowest BCUT2D eigenvalue weighted by molar-refractivity contribution is 0.537. The molecule has 1 aromatic heterocycles. The van der Waals surface area contributed by atoms with Gasteiger partial charge in [-0.3, -0.25) is 0 Å². The molecule has 8 heavy (non-hydrogen) atoms. The Kier molecular flexibility index (Phi) is 1.53. The molecule has 0 radical (unpaired) electrons. The molecule has 1 aromatic rings. The zero-order valence-electron chi connectivity index (χ0n) is 3.81. The van der Waals surface area contributed by atoms with E-state index in [1.807, 2.05) is 0 Å². The first-order valence-corrected chi connectivity index (χ1v) is 2.71. The van der Waals surface area contributed by atoms with Crippen LogP contribution >= 0.6 is 15.9 Å². The van der Waals surface area contributed by atoms with E-state index in [1.165, 1.54) is 12.4 Å². The molecule has 0 bridgehead atoms. The average Bonchev–Trinajstić information content (AvgIpc) is 1.77. The van der Waals surface area contributed by atoms with Crippen LogP contribution in [0.3, 0.4) is 0 Å². The summed E-state index contributed by atoms with van der Waals surface area (Å²) >= 11 is 3.05. The van der Waals surface area contributed by atoms with E-state index >= 15 is 0 Å². The van der Waals surface area contributed by atoms with Crippen LogP contribution in [0.25, 0.3) is 0 Å². The number of hydrogen-bond donors (Lipinski definition) is 0. The molecule has 4 heteroatoms. The van der Waals surface area contributed by atoms with Crippen LogP contribution in [0, 0.1) is 6.08 Å². The SMILES string of the molecule is Fc1ncc(Br)cn1. The molecule has 1 heterocycles. The molecule has 0 aliphatic rings. The maximum absolute atomic E-state index is 11.8. The van der Waals surface area contributed by atoms with Crippen molar-refractivity contribution in [2.24, 2.45) is 0 Å². The van der Waals surface area contributed by atoms with E-state index in [2.05, 4.69) is 25.9 Å². The number of rotatable bonds is 0. The fraction of sp³-hybridized carbons (Fsp3) is 0. The summed E-state index contributed by atoms with van der Waals surface area (Å²) in [5.74, 6) is 0. The second kappa shape index (κ2) is 2.17. The summed E-state index contributed by atoms with van der Waals surface area (Å²) in [4.78, 5) is 6.51. The highest BCUT2D eigenvalue weighted by molar-refractivity contribution is 9.10. The van der Waals surface area contributed by atoms with Gasteiger partial charge in [0.15, 0.2) is 0 Å². The van der Waals surface area contributed by atoms with Gasteiger partial charge >= 0.3 is 6.08 Å². The molecular weight excluding hydrogens is 175 g/mol. The first-order valence-electron chi connectivity index (χ1n) is 1.92. The van der Waals surface area contributed by atoms with Crippen LogP contribution in [0.2, 0.25) is 0 Å². The molecular formula is C4H2BrFN2. The van der Waals surface area contributed by atoms with Crippen LogP contribution in [0.4, 0.5) is 4.39 Å². The third kappa shape index (κ3) is 1.23. The van der Waals surface area contributed by atoms with Gasteiger partial charge in [-0.1, -0.05) is 0 Å². The van der Waals surface area contributed by atoms with Gasteiger partial charge in [0.1, 0.15) is 0 Å². The van der Waals surface area contributed by atoms with Crippen LogP contribution in [0.15, 0.2) is 16.9 Å². The van der Waals surface area contributed by atoms with Gasteiger partial charge in [0.25, 0.3) is 0 Å². The van der Waals surface area contributed by atoms with Gasteiger partial charge in [-0.15, -0.1) is 0 Å². The highest BCUT2D eigenvalue weighted by atomic mass is 79.9. The Bertz CT molecular complexity index is 153. The number of halogens is 2. The first-order chi connectivity index (χ1) is 3.79. The molecule has 0 N–H and O–H groups in total. The minimum Gasteiger partial charge on any atom is -0.210 e. The van der Waals surface area contributed by atoms with Crippen molar-refractivity contribution < 1.29 is 4.39 Å². The fourth-order valence-electron chi connectivity index (χ4n) is 0.297. The summed E-state index contributed by atoms with van der Waals surface area (Å²) in [5.41, 5.74) is 0. The lowest BCUT2D eigenvalue weighted by Crippen LogP contribution is -1.84. The normalized spacial score (nSPS) is 9.25. The van der Waals surface area contributed by atoms with E-state index in [0.29, 0.717) is 4.47 Å². The molecule has 0 aliphatic heterocycles. The van der Waals surface area contributed by atoms with Crippen molar-refractivity contribution in [1.29, 1.82) is 0 Å². The Labute approximate surface area is 53.9 Å². The van der Waals surface area contributed by atoms with Crippen molar-refractivity contribution in [2.75, 3.05) is 0 Å². The quantitative estimate of drug-likeness (QED) is 0.559. The number of aromatic nitrogens is 2. The predicted molar refractivity (Wildman–Crippen MR) is 29.7 cm³/mol. The summed E-state index contributed by atoms with van der Waals surface area (Å²) in [5, 5.41) is 0. The zero-order valence-corrected chi connectivity index (χ0v) is 5.39. The Hall–Kier alpha value is -0.510. The molecule has 2 nitrogen and oxygen atoms in total. The smallest absolute Gasteiger partial charge is 0.210 e. The van der Waals surface area contributed by atoms with E-state index in [4.69, 9.17) is 0 Å². The predicted octanol–water partition coefficient (Wildman–Crippen LogP) is 1.38. The van der Waals surface area contributed by atoms with Crippen molar-refractivity contribution in [3.05, 3.63) is 22.9 Å². The summed E-state index contributed by atoms with van der Waals surface area (Å²) in [6.07, 6.45) is 2.00. The van der Waals surface area contributed by atoms with Gasteiger partial charge in [-0.05, 0) is 15.9 Å². The Morgan fingerprint density at radius 3 is 2.25 bits per heavy atom. The van der Waals surface area contributed by atoms with Crippen LogP contribution < -0.4 is 0 Å². The molecule has 0 unspecified atom stereocenters. The Morgan fingerprint density at radius 1 is 1.38 bits per heavy atom. The van der Waals surface area contributed by atoms with Crippen molar-refractivity contribution in [1.82, 2.24) is 9.97 Å². The molecule has 0 saturated carbocycles. The van der Waals surface area contributed by atoms with E-state index < -0.39 is 6.08 Å². The van der Waals surface area contributed by atoms with Gasteiger partial charge in [0.2, 0.25) is 0 Å². The molecule has 0 fully saturated rings. The van der Waals surface area contributed by atoms with E-state index in [0.717, 1.165) is 0 Å². The van der Waals surface area contributed by atoms with Crippen LogP contribution in [-0.4, -0.2) is 9.97 Å². The van der Waals surface area contributed by atoms with Gasteiger partial charge in [0, 0.05) is 12.4 Å². The molecule has 0 spiro atoms. The third-order valence-electron chi connectivity index (χ3n) is 0.589. The Balaban J connectivity index is 3.03. The third-order valence-corrected chi connectivity index (χ3v) is 0.998. The highest BCUT2D eigenvalue weighted by Crippen LogP contribution is 2.02. The van der Waals surface area contributed by atoms with Gasteiger partial charge in [-0.2, -0.15) is 4.39 Å². The Morgan fingerprint density at radius 2 is 1.88 bits per heavy atom. The first kappa shape index (κ1) is 5.62. The summed E-state index contributed by atoms with van der Waals surface area (Å²) in [6, 6.07) is 0. The lowest BCUT2D eigenvalue weighted by atomic mass is 10.7. The molecule has 0 aromatic carbocycles. The molecule has 42 valence electrons. The topological polar surface area (TPSA) is 25.8 Å². The van der Waals surface area contributed by atoms with E-state index in [9.17, 15) is 4.39 Å². The van der Waals surface area contributed by atoms with Crippen molar-refractivity contribution in [3.63, 3.8) is 0 Å². The number of hydrogen-bond acceptors (Lipinski definition) is 2. The molecule has 0 saturated heterocycles. The van der Waals surface area contributed by atoms with Crippen molar-refractivity contribution >= 4 is 15.9 Å². The maximum atomic E-state index is 11.8. The monoisotopic (exact) mass is 176 g/mol.